The Morgan fingerprint density at radius 3 is 2.25 bits per heavy atom. The van der Waals surface area contributed by atoms with E-state index in [0.29, 0.717) is 17.3 Å². The number of aryl methyl sites for hydroxylation is 2. The number of nitrogens with zero attached hydrogens (tertiary/aromatic N) is 4. The Bertz CT molecular complexity index is 1240. The lowest BCUT2D eigenvalue weighted by atomic mass is 10.3. The molecule has 162 valence electrons. The van der Waals surface area contributed by atoms with Gasteiger partial charge in [-0.2, -0.15) is 5.10 Å². The number of ether oxygens (including phenoxy) is 1. The van der Waals surface area contributed by atoms with Crippen molar-refractivity contribution in [3.63, 3.8) is 0 Å². The van der Waals surface area contributed by atoms with E-state index in [1.807, 2.05) is 19.9 Å². The third-order valence-electron chi connectivity index (χ3n) is 4.39. The summed E-state index contributed by atoms with van der Waals surface area (Å²) in [7, 11) is 0. The number of nitrogens with one attached hydrogen (secondary N) is 2. The van der Waals surface area contributed by atoms with Crippen LogP contribution in [0.4, 0.5) is 25.0 Å². The molecule has 0 bridgehead atoms. The number of benzene rings is 2. The number of rotatable bonds is 5. The minimum absolute atomic E-state index is 0.281. The molecular weight excluding hydrogens is 418 g/mol. The maximum atomic E-state index is 13.6. The van der Waals surface area contributed by atoms with Gasteiger partial charge in [-0.15, -0.1) is 10.2 Å². The number of anilines is 2. The van der Waals surface area contributed by atoms with Crippen LogP contribution in [0.3, 0.4) is 0 Å². The van der Waals surface area contributed by atoms with Gasteiger partial charge in [0.05, 0.1) is 5.69 Å². The Hall–Kier alpha value is -4.34. The molecule has 0 saturated carbocycles. The lowest BCUT2D eigenvalue weighted by Gasteiger charge is -2.10. The van der Waals surface area contributed by atoms with Crippen molar-refractivity contribution < 1.29 is 18.3 Å². The van der Waals surface area contributed by atoms with Crippen LogP contribution in [0.2, 0.25) is 0 Å². The van der Waals surface area contributed by atoms with E-state index in [-0.39, 0.29) is 5.88 Å². The van der Waals surface area contributed by atoms with Crippen molar-refractivity contribution in [1.29, 1.82) is 0 Å². The zero-order chi connectivity index (χ0) is 22.7. The summed E-state index contributed by atoms with van der Waals surface area (Å²) in [6.45, 7) is 3.82. The number of hydrogen-bond acceptors (Lipinski definition) is 5. The number of para-hydroxylation sites is 1. The van der Waals surface area contributed by atoms with Crippen LogP contribution in [-0.4, -0.2) is 26.0 Å². The maximum absolute atomic E-state index is 13.6. The molecule has 0 saturated heterocycles. The molecule has 2 heterocycles. The maximum Gasteiger partial charge on any atom is 0.323 e. The van der Waals surface area contributed by atoms with Crippen LogP contribution >= 0.6 is 0 Å². The van der Waals surface area contributed by atoms with Crippen LogP contribution in [0.15, 0.2) is 60.7 Å². The van der Waals surface area contributed by atoms with Gasteiger partial charge < -0.3 is 15.4 Å². The first-order valence-electron chi connectivity index (χ1n) is 9.56. The third kappa shape index (κ3) is 4.69. The van der Waals surface area contributed by atoms with Gasteiger partial charge in [-0.1, -0.05) is 6.07 Å². The van der Waals surface area contributed by atoms with E-state index in [2.05, 4.69) is 25.9 Å². The molecule has 10 heteroatoms. The molecule has 2 N–H and O–H groups in total. The molecule has 32 heavy (non-hydrogen) atoms. The Labute approximate surface area is 181 Å². The van der Waals surface area contributed by atoms with Crippen molar-refractivity contribution in [2.75, 3.05) is 10.6 Å². The number of aromatic nitrogens is 4. The Kier molecular flexibility index (Phi) is 5.75. The van der Waals surface area contributed by atoms with Crippen molar-refractivity contribution >= 4 is 17.4 Å². The van der Waals surface area contributed by atoms with Gasteiger partial charge in [-0.3, -0.25) is 0 Å². The van der Waals surface area contributed by atoms with Crippen molar-refractivity contribution in [2.45, 2.75) is 13.8 Å². The Morgan fingerprint density at radius 1 is 0.938 bits per heavy atom. The lowest BCUT2D eigenvalue weighted by Crippen LogP contribution is -2.20. The van der Waals surface area contributed by atoms with Gasteiger partial charge in [0, 0.05) is 17.4 Å². The second-order valence-corrected chi connectivity index (χ2v) is 6.87. The summed E-state index contributed by atoms with van der Waals surface area (Å²) in [5.74, 6) is -0.421. The molecule has 0 radical (unpaired) electrons. The first-order chi connectivity index (χ1) is 15.4. The molecule has 4 rings (SSSR count). The normalized spacial score (nSPS) is 10.6. The van der Waals surface area contributed by atoms with E-state index in [1.54, 1.807) is 41.1 Å². The molecule has 4 aromatic rings. The molecular formula is C22H18F2N6O2. The number of hydrogen-bond donors (Lipinski definition) is 2. The zero-order valence-corrected chi connectivity index (χ0v) is 17.1. The Balaban J connectivity index is 1.37. The smallest absolute Gasteiger partial charge is 0.323 e. The molecule has 2 aromatic carbocycles. The van der Waals surface area contributed by atoms with Crippen LogP contribution in [0.5, 0.6) is 11.6 Å². The van der Waals surface area contributed by atoms with Crippen LogP contribution in [-0.2, 0) is 0 Å². The molecule has 0 aliphatic heterocycles. The fraction of sp³-hybridized carbons (Fsp3) is 0.0909. The molecule has 0 unspecified atom stereocenters. The van der Waals surface area contributed by atoms with Gasteiger partial charge in [-0.05, 0) is 62.4 Å². The highest BCUT2D eigenvalue weighted by molar-refractivity contribution is 5.99. The zero-order valence-electron chi connectivity index (χ0n) is 17.1. The SMILES string of the molecule is Cc1cc(C)n(-c2ccc(Oc3ccc(NC(=O)Nc4c(F)cccc4F)cc3)nn2)n1. The molecule has 0 aliphatic carbocycles. The number of urea groups is 1. The van der Waals surface area contributed by atoms with Crippen LogP contribution < -0.4 is 15.4 Å². The summed E-state index contributed by atoms with van der Waals surface area (Å²) >= 11 is 0. The fourth-order valence-corrected chi connectivity index (χ4v) is 2.96. The number of carbonyl (C=O) groups excluding carboxylic acids is 1. The van der Waals surface area contributed by atoms with E-state index in [4.69, 9.17) is 4.74 Å². The van der Waals surface area contributed by atoms with Crippen molar-refractivity contribution in [2.24, 2.45) is 0 Å². The summed E-state index contributed by atoms with van der Waals surface area (Å²) in [5, 5.41) is 17.2. The first kappa shape index (κ1) is 20.9. The van der Waals surface area contributed by atoms with Crippen LogP contribution in [0.1, 0.15) is 11.4 Å². The highest BCUT2D eigenvalue weighted by Gasteiger charge is 2.12. The molecule has 0 fully saturated rings. The van der Waals surface area contributed by atoms with E-state index in [1.165, 1.54) is 6.07 Å². The topological polar surface area (TPSA) is 94.0 Å². The van der Waals surface area contributed by atoms with Gasteiger partial charge in [0.1, 0.15) is 23.1 Å². The average Bonchev–Trinajstić information content (AvgIpc) is 3.11. The Morgan fingerprint density at radius 2 is 1.66 bits per heavy atom. The van der Waals surface area contributed by atoms with Gasteiger partial charge in [0.25, 0.3) is 0 Å². The predicted molar refractivity (Wildman–Crippen MR) is 114 cm³/mol. The molecule has 0 aliphatic rings. The van der Waals surface area contributed by atoms with Crippen LogP contribution in [0.25, 0.3) is 5.82 Å². The highest BCUT2D eigenvalue weighted by Crippen LogP contribution is 2.23. The van der Waals surface area contributed by atoms with Gasteiger partial charge >= 0.3 is 6.03 Å². The predicted octanol–water partition coefficient (Wildman–Crippen LogP) is 4.99. The largest absolute Gasteiger partial charge is 0.438 e. The standard InChI is InChI=1S/C22H18F2N6O2/c1-13-12-14(2)30(29-13)19-10-11-20(28-27-19)32-16-8-6-15(7-9-16)25-22(31)26-21-17(23)4-3-5-18(21)24/h3-12H,1-2H3,(H2,25,26,31). The van der Waals surface area contributed by atoms with E-state index in [9.17, 15) is 13.6 Å². The van der Waals surface area contributed by atoms with Crippen molar-refractivity contribution in [3.05, 3.63) is 83.7 Å². The minimum Gasteiger partial charge on any atom is -0.438 e. The van der Waals surface area contributed by atoms with E-state index in [0.717, 1.165) is 23.5 Å². The van der Waals surface area contributed by atoms with Gasteiger partial charge in [0.15, 0.2) is 5.82 Å². The second kappa shape index (κ2) is 8.80. The minimum atomic E-state index is -0.867. The number of carbonyl (C=O) groups is 1. The third-order valence-corrected chi connectivity index (χ3v) is 4.39. The quantitative estimate of drug-likeness (QED) is 0.460. The van der Waals surface area contributed by atoms with E-state index >= 15 is 0 Å². The summed E-state index contributed by atoms with van der Waals surface area (Å²) < 4.78 is 34.6. The molecule has 0 spiro atoms. The highest BCUT2D eigenvalue weighted by atomic mass is 19.1. The average molecular weight is 436 g/mol. The van der Waals surface area contributed by atoms with Gasteiger partial charge in [0.2, 0.25) is 5.88 Å². The summed E-state index contributed by atoms with van der Waals surface area (Å²) in [5.41, 5.74) is 1.70. The summed E-state index contributed by atoms with van der Waals surface area (Å²) in [6, 6.07) is 14.2. The number of halogens is 2. The first-order valence-corrected chi connectivity index (χ1v) is 9.56. The number of amides is 2. The monoisotopic (exact) mass is 436 g/mol. The van der Waals surface area contributed by atoms with Gasteiger partial charge in [-0.25, -0.2) is 18.3 Å². The van der Waals surface area contributed by atoms with Crippen molar-refractivity contribution in [3.8, 4) is 17.4 Å². The fourth-order valence-electron chi connectivity index (χ4n) is 2.96. The summed E-state index contributed by atoms with van der Waals surface area (Å²) in [4.78, 5) is 12.0. The molecule has 8 nitrogen and oxygen atoms in total. The van der Waals surface area contributed by atoms with Crippen molar-refractivity contribution in [1.82, 2.24) is 20.0 Å². The lowest BCUT2D eigenvalue weighted by molar-refractivity contribution is 0.262. The summed E-state index contributed by atoms with van der Waals surface area (Å²) in [6.07, 6.45) is 0. The second-order valence-electron chi connectivity index (χ2n) is 6.87. The molecule has 0 atom stereocenters. The molecule has 2 aromatic heterocycles. The molecule has 2 amide bonds. The van der Waals surface area contributed by atoms with Crippen LogP contribution in [0, 0.1) is 25.5 Å². The van der Waals surface area contributed by atoms with E-state index < -0.39 is 23.4 Å².